The van der Waals surface area contributed by atoms with Crippen molar-refractivity contribution < 1.29 is 9.59 Å². The summed E-state index contributed by atoms with van der Waals surface area (Å²) in [5.41, 5.74) is 1.60. The number of aryl methyl sites for hydroxylation is 1. The van der Waals surface area contributed by atoms with E-state index in [9.17, 15) is 9.59 Å². The van der Waals surface area contributed by atoms with Crippen LogP contribution in [0.25, 0.3) is 0 Å². The van der Waals surface area contributed by atoms with Gasteiger partial charge in [-0.15, -0.1) is 11.3 Å². The molecule has 0 spiro atoms. The molecule has 0 radical (unpaired) electrons. The minimum Gasteiger partial charge on any atom is -0.353 e. The zero-order valence-corrected chi connectivity index (χ0v) is 15.8. The summed E-state index contributed by atoms with van der Waals surface area (Å²) < 4.78 is 0. The molecular formula is C20H25N3O2S. The van der Waals surface area contributed by atoms with Gasteiger partial charge in [-0.2, -0.15) is 0 Å². The fraction of sp³-hybridized carbons (Fsp3) is 0.400. The third-order valence-corrected chi connectivity index (χ3v) is 5.61. The molecule has 3 rings (SSSR count). The number of hydrogen-bond donors (Lipinski definition) is 2. The number of nitrogens with zero attached hydrogens (tertiary/aromatic N) is 1. The molecular weight excluding hydrogens is 346 g/mol. The van der Waals surface area contributed by atoms with Gasteiger partial charge in [0.05, 0.1) is 12.6 Å². The van der Waals surface area contributed by atoms with Crippen LogP contribution >= 0.6 is 11.3 Å². The highest BCUT2D eigenvalue weighted by Crippen LogP contribution is 2.27. The molecule has 0 saturated carbocycles. The smallest absolute Gasteiger partial charge is 0.251 e. The molecule has 2 heterocycles. The maximum absolute atomic E-state index is 12.2. The van der Waals surface area contributed by atoms with Gasteiger partial charge in [-0.05, 0) is 56.4 Å². The molecule has 1 fully saturated rings. The van der Waals surface area contributed by atoms with E-state index in [2.05, 4.69) is 27.0 Å². The molecule has 1 saturated heterocycles. The fourth-order valence-electron chi connectivity index (χ4n) is 3.27. The van der Waals surface area contributed by atoms with Crippen molar-refractivity contribution in [2.75, 3.05) is 26.2 Å². The van der Waals surface area contributed by atoms with Crippen LogP contribution in [0, 0.1) is 6.92 Å². The molecule has 1 aromatic carbocycles. The van der Waals surface area contributed by atoms with Crippen LogP contribution < -0.4 is 10.6 Å². The summed E-state index contributed by atoms with van der Waals surface area (Å²) in [6, 6.07) is 11.7. The molecule has 5 nitrogen and oxygen atoms in total. The van der Waals surface area contributed by atoms with Gasteiger partial charge in [0.15, 0.2) is 0 Å². The summed E-state index contributed by atoms with van der Waals surface area (Å²) in [4.78, 5) is 28.0. The Labute approximate surface area is 158 Å². The Morgan fingerprint density at radius 3 is 2.65 bits per heavy atom. The second kappa shape index (κ2) is 8.96. The molecule has 1 aromatic heterocycles. The van der Waals surface area contributed by atoms with Crippen molar-refractivity contribution >= 4 is 23.2 Å². The maximum atomic E-state index is 12.2. The van der Waals surface area contributed by atoms with Crippen molar-refractivity contribution in [3.8, 4) is 0 Å². The Hall–Kier alpha value is -2.18. The Bertz CT molecular complexity index is 739. The van der Waals surface area contributed by atoms with Crippen molar-refractivity contribution in [1.29, 1.82) is 0 Å². The van der Waals surface area contributed by atoms with Crippen LogP contribution in [-0.2, 0) is 4.79 Å². The standard InChI is InChI=1S/C20H25N3O2S/c1-15-6-4-7-16(12-15)20(25)22-14-19(24)21-13-17(18-8-5-11-26-18)23-9-2-3-10-23/h4-8,11-12,17H,2-3,9-10,13-14H2,1H3,(H,21,24)(H,22,25). The summed E-state index contributed by atoms with van der Waals surface area (Å²) in [6.07, 6.45) is 2.42. The number of thiophene rings is 1. The number of hydrogen-bond acceptors (Lipinski definition) is 4. The van der Waals surface area contributed by atoms with Gasteiger partial charge in [-0.25, -0.2) is 0 Å². The molecule has 1 unspecified atom stereocenters. The van der Waals surface area contributed by atoms with Gasteiger partial charge in [0.25, 0.3) is 5.91 Å². The van der Waals surface area contributed by atoms with Crippen molar-refractivity contribution in [1.82, 2.24) is 15.5 Å². The van der Waals surface area contributed by atoms with Gasteiger partial charge >= 0.3 is 0 Å². The lowest BCUT2D eigenvalue weighted by Crippen LogP contribution is -2.41. The van der Waals surface area contributed by atoms with Crippen molar-refractivity contribution in [3.05, 3.63) is 57.8 Å². The van der Waals surface area contributed by atoms with E-state index in [1.807, 2.05) is 31.2 Å². The first-order valence-electron chi connectivity index (χ1n) is 9.02. The summed E-state index contributed by atoms with van der Waals surface area (Å²) in [5, 5.41) is 7.74. The van der Waals surface area contributed by atoms with Crippen molar-refractivity contribution in [2.24, 2.45) is 0 Å². The van der Waals surface area contributed by atoms with E-state index < -0.39 is 0 Å². The number of nitrogens with one attached hydrogen (secondary N) is 2. The first kappa shape index (κ1) is 18.6. The summed E-state index contributed by atoms with van der Waals surface area (Å²) in [6.45, 7) is 4.64. The van der Waals surface area contributed by atoms with Crippen LogP contribution in [-0.4, -0.2) is 42.9 Å². The summed E-state index contributed by atoms with van der Waals surface area (Å²) in [5.74, 6) is -0.384. The highest BCUT2D eigenvalue weighted by atomic mass is 32.1. The number of likely N-dealkylation sites (tertiary alicyclic amines) is 1. The fourth-order valence-corrected chi connectivity index (χ4v) is 4.13. The lowest BCUT2D eigenvalue weighted by atomic mass is 10.1. The lowest BCUT2D eigenvalue weighted by Gasteiger charge is -2.26. The van der Waals surface area contributed by atoms with Gasteiger partial charge in [0.2, 0.25) is 5.91 Å². The van der Waals surface area contributed by atoms with Crippen molar-refractivity contribution in [3.63, 3.8) is 0 Å². The van der Waals surface area contributed by atoms with Crippen LogP contribution in [0.5, 0.6) is 0 Å². The maximum Gasteiger partial charge on any atom is 0.251 e. The lowest BCUT2D eigenvalue weighted by molar-refractivity contribution is -0.120. The van der Waals surface area contributed by atoms with Crippen LogP contribution in [0.15, 0.2) is 41.8 Å². The van der Waals surface area contributed by atoms with Crippen LogP contribution in [0.4, 0.5) is 0 Å². The quantitative estimate of drug-likeness (QED) is 0.787. The Morgan fingerprint density at radius 1 is 1.15 bits per heavy atom. The van der Waals surface area contributed by atoms with E-state index in [1.54, 1.807) is 17.4 Å². The number of carbonyl (C=O) groups excluding carboxylic acids is 2. The monoisotopic (exact) mass is 371 g/mol. The second-order valence-corrected chi connectivity index (χ2v) is 7.61. The van der Waals surface area contributed by atoms with Gasteiger partial charge in [0, 0.05) is 17.0 Å². The average molecular weight is 372 g/mol. The minimum absolute atomic E-state index is 0.00998. The Kier molecular flexibility index (Phi) is 6.41. The van der Waals surface area contributed by atoms with Gasteiger partial charge in [-0.1, -0.05) is 23.8 Å². The Balaban J connectivity index is 1.50. The average Bonchev–Trinajstić information content (AvgIpc) is 3.34. The van der Waals surface area contributed by atoms with Crippen LogP contribution in [0.2, 0.25) is 0 Å². The SMILES string of the molecule is Cc1cccc(C(=O)NCC(=O)NCC(c2cccs2)N2CCCC2)c1. The normalized spacial score (nSPS) is 15.6. The van der Waals surface area contributed by atoms with Gasteiger partial charge in [0.1, 0.15) is 0 Å². The van der Waals surface area contributed by atoms with Gasteiger partial charge < -0.3 is 10.6 Å². The topological polar surface area (TPSA) is 61.4 Å². The molecule has 0 aliphatic carbocycles. The predicted octanol–water partition coefficient (Wildman–Crippen LogP) is 2.74. The first-order chi connectivity index (χ1) is 12.6. The van der Waals surface area contributed by atoms with E-state index >= 15 is 0 Å². The van der Waals surface area contributed by atoms with E-state index in [0.717, 1.165) is 18.7 Å². The third-order valence-electron chi connectivity index (χ3n) is 4.64. The van der Waals surface area contributed by atoms with E-state index in [4.69, 9.17) is 0 Å². The molecule has 6 heteroatoms. The molecule has 138 valence electrons. The van der Waals surface area contributed by atoms with E-state index in [0.29, 0.717) is 12.1 Å². The van der Waals surface area contributed by atoms with E-state index in [1.165, 1.54) is 17.7 Å². The van der Waals surface area contributed by atoms with Crippen molar-refractivity contribution in [2.45, 2.75) is 25.8 Å². The van der Waals surface area contributed by atoms with Gasteiger partial charge in [-0.3, -0.25) is 14.5 Å². The second-order valence-electron chi connectivity index (χ2n) is 6.63. The number of benzene rings is 1. The zero-order valence-electron chi connectivity index (χ0n) is 15.0. The molecule has 2 amide bonds. The molecule has 0 bridgehead atoms. The Morgan fingerprint density at radius 2 is 1.96 bits per heavy atom. The van der Waals surface area contributed by atoms with Crippen LogP contribution in [0.3, 0.4) is 0 Å². The molecule has 2 N–H and O–H groups in total. The first-order valence-corrected chi connectivity index (χ1v) is 9.90. The predicted molar refractivity (Wildman–Crippen MR) is 104 cm³/mol. The largest absolute Gasteiger partial charge is 0.353 e. The molecule has 26 heavy (non-hydrogen) atoms. The highest BCUT2D eigenvalue weighted by Gasteiger charge is 2.24. The highest BCUT2D eigenvalue weighted by molar-refractivity contribution is 7.10. The number of rotatable bonds is 7. The molecule has 1 aliphatic rings. The summed E-state index contributed by atoms with van der Waals surface area (Å²) >= 11 is 1.72. The molecule has 1 aliphatic heterocycles. The minimum atomic E-state index is -0.224. The number of amides is 2. The summed E-state index contributed by atoms with van der Waals surface area (Å²) in [7, 11) is 0. The molecule has 2 aromatic rings. The third kappa shape index (κ3) is 4.93. The number of carbonyl (C=O) groups is 2. The van der Waals surface area contributed by atoms with E-state index in [-0.39, 0.29) is 24.4 Å². The molecule has 1 atom stereocenters. The van der Waals surface area contributed by atoms with Crippen LogP contribution in [0.1, 0.15) is 39.7 Å². The zero-order chi connectivity index (χ0) is 18.4.